The average Bonchev–Trinajstić information content (AvgIpc) is 2.24. The van der Waals surface area contributed by atoms with Crippen LogP contribution in [0.1, 0.15) is 11.5 Å². The van der Waals surface area contributed by atoms with E-state index in [4.69, 9.17) is 5.73 Å². The molecule has 2 aromatic rings. The molecule has 0 spiro atoms. The van der Waals surface area contributed by atoms with Crippen LogP contribution in [0.25, 0.3) is 0 Å². The van der Waals surface area contributed by atoms with Gasteiger partial charge in [0.25, 0.3) is 5.56 Å². The number of rotatable bonds is 2. The predicted molar refractivity (Wildman–Crippen MR) is 61.6 cm³/mol. The number of nitrogen functional groups attached to an aromatic ring is 1. The molecule has 0 radical (unpaired) electrons. The van der Waals surface area contributed by atoms with Crippen LogP contribution in [0.5, 0.6) is 0 Å². The molecule has 2 heterocycles. The van der Waals surface area contributed by atoms with E-state index in [9.17, 15) is 14.0 Å². The Morgan fingerprint density at radius 3 is 2.83 bits per heavy atom. The Hall–Kier alpha value is -2.51. The lowest BCUT2D eigenvalue weighted by Gasteiger charge is -2.05. The summed E-state index contributed by atoms with van der Waals surface area (Å²) in [7, 11) is 0. The summed E-state index contributed by atoms with van der Waals surface area (Å²) in [6.45, 7) is 1.65. The van der Waals surface area contributed by atoms with E-state index >= 15 is 0 Å². The molecule has 0 amide bonds. The molecule has 18 heavy (non-hydrogen) atoms. The van der Waals surface area contributed by atoms with Crippen molar-refractivity contribution < 1.29 is 4.39 Å². The van der Waals surface area contributed by atoms with Gasteiger partial charge in [0.05, 0.1) is 12.7 Å². The molecule has 3 N–H and O–H groups in total. The maximum atomic E-state index is 13.1. The number of anilines is 1. The van der Waals surface area contributed by atoms with Crippen LogP contribution in [0.15, 0.2) is 21.9 Å². The van der Waals surface area contributed by atoms with Crippen molar-refractivity contribution in [3.8, 4) is 0 Å². The molecule has 0 bridgehead atoms. The largest absolute Gasteiger partial charge is 0.384 e. The highest BCUT2D eigenvalue weighted by Crippen LogP contribution is 2.02. The lowest BCUT2D eigenvalue weighted by Crippen LogP contribution is -2.32. The van der Waals surface area contributed by atoms with Crippen LogP contribution in [-0.2, 0) is 6.54 Å². The van der Waals surface area contributed by atoms with Crippen LogP contribution in [0.2, 0.25) is 0 Å². The second-order valence-corrected chi connectivity index (χ2v) is 3.71. The van der Waals surface area contributed by atoms with Crippen molar-refractivity contribution >= 4 is 5.82 Å². The molecule has 0 saturated carbocycles. The molecular formula is C10H10FN5O2. The first-order valence-electron chi connectivity index (χ1n) is 5.05. The Kier molecular flexibility index (Phi) is 2.92. The Bertz CT molecular complexity index is 686. The number of aryl methyl sites for hydroxylation is 1. The number of hydrogen-bond acceptors (Lipinski definition) is 5. The summed E-state index contributed by atoms with van der Waals surface area (Å²) >= 11 is 0. The molecule has 94 valence electrons. The number of aromatic nitrogens is 4. The maximum Gasteiger partial charge on any atom is 0.328 e. The zero-order valence-electron chi connectivity index (χ0n) is 9.48. The standard InChI is InChI=1S/C10H10FN5O2/c1-5-2-7(12)14-8(13-5)4-16-3-6(11)9(17)15-10(16)18/h2-3H,4H2,1H3,(H2,12,13,14)(H,15,17,18). The molecule has 8 heteroatoms. The minimum absolute atomic E-state index is 0.0710. The molecule has 0 saturated heterocycles. The summed E-state index contributed by atoms with van der Waals surface area (Å²) in [4.78, 5) is 32.1. The lowest BCUT2D eigenvalue weighted by atomic mass is 10.4. The Morgan fingerprint density at radius 2 is 2.17 bits per heavy atom. The fraction of sp³-hybridized carbons (Fsp3) is 0.200. The van der Waals surface area contributed by atoms with Gasteiger partial charge in [0.1, 0.15) is 5.82 Å². The molecule has 0 atom stereocenters. The summed E-state index contributed by atoms with van der Waals surface area (Å²) in [6, 6.07) is 1.57. The number of halogens is 1. The molecule has 0 aliphatic rings. The van der Waals surface area contributed by atoms with Gasteiger partial charge in [-0.25, -0.2) is 14.8 Å². The number of aromatic amines is 1. The number of hydrogen-bond donors (Lipinski definition) is 2. The van der Waals surface area contributed by atoms with Crippen LogP contribution < -0.4 is 17.0 Å². The monoisotopic (exact) mass is 251 g/mol. The van der Waals surface area contributed by atoms with Crippen LogP contribution in [-0.4, -0.2) is 19.5 Å². The number of H-pyrrole nitrogens is 1. The second kappa shape index (κ2) is 4.40. The van der Waals surface area contributed by atoms with Crippen molar-refractivity contribution in [3.05, 3.63) is 50.4 Å². The Morgan fingerprint density at radius 1 is 1.44 bits per heavy atom. The molecule has 0 aliphatic carbocycles. The highest BCUT2D eigenvalue weighted by molar-refractivity contribution is 5.29. The van der Waals surface area contributed by atoms with E-state index in [0.717, 1.165) is 10.8 Å². The van der Waals surface area contributed by atoms with Gasteiger partial charge in [-0.05, 0) is 6.92 Å². The lowest BCUT2D eigenvalue weighted by molar-refractivity contribution is 0.561. The quantitative estimate of drug-likeness (QED) is 0.741. The van der Waals surface area contributed by atoms with Crippen LogP contribution in [0.3, 0.4) is 0 Å². The first kappa shape index (κ1) is 12.0. The van der Waals surface area contributed by atoms with Gasteiger partial charge in [-0.2, -0.15) is 4.39 Å². The van der Waals surface area contributed by atoms with Crippen LogP contribution in [0.4, 0.5) is 10.2 Å². The van der Waals surface area contributed by atoms with Gasteiger partial charge in [0.2, 0.25) is 5.82 Å². The van der Waals surface area contributed by atoms with Gasteiger partial charge >= 0.3 is 5.69 Å². The summed E-state index contributed by atoms with van der Waals surface area (Å²) in [5.41, 5.74) is 4.38. The van der Waals surface area contributed by atoms with Gasteiger partial charge in [-0.1, -0.05) is 0 Å². The van der Waals surface area contributed by atoms with Crippen molar-refractivity contribution in [2.75, 3.05) is 5.73 Å². The molecule has 2 aromatic heterocycles. The van der Waals surface area contributed by atoms with E-state index < -0.39 is 17.1 Å². The zero-order valence-corrected chi connectivity index (χ0v) is 9.48. The molecule has 7 nitrogen and oxygen atoms in total. The van der Waals surface area contributed by atoms with E-state index in [1.807, 2.05) is 4.98 Å². The summed E-state index contributed by atoms with van der Waals surface area (Å²) in [5.74, 6) is -0.522. The minimum Gasteiger partial charge on any atom is -0.384 e. The minimum atomic E-state index is -1.05. The molecule has 2 rings (SSSR count). The smallest absolute Gasteiger partial charge is 0.328 e. The molecule has 0 unspecified atom stereocenters. The SMILES string of the molecule is Cc1cc(N)nc(Cn2cc(F)c(=O)[nH]c2=O)n1. The molecule has 0 fully saturated rings. The third kappa shape index (κ3) is 2.42. The molecule has 0 aromatic carbocycles. The second-order valence-electron chi connectivity index (χ2n) is 3.71. The van der Waals surface area contributed by atoms with Crippen molar-refractivity contribution in [3.63, 3.8) is 0 Å². The average molecular weight is 251 g/mol. The van der Waals surface area contributed by atoms with Gasteiger partial charge in [0.15, 0.2) is 5.82 Å². The van der Waals surface area contributed by atoms with Crippen LogP contribution in [0, 0.1) is 12.7 Å². The van der Waals surface area contributed by atoms with E-state index in [0.29, 0.717) is 5.69 Å². The number of nitrogens with zero attached hydrogens (tertiary/aromatic N) is 3. The third-order valence-electron chi connectivity index (χ3n) is 2.20. The van der Waals surface area contributed by atoms with E-state index in [-0.39, 0.29) is 18.2 Å². The normalized spacial score (nSPS) is 10.6. The third-order valence-corrected chi connectivity index (χ3v) is 2.20. The van der Waals surface area contributed by atoms with Crippen LogP contribution >= 0.6 is 0 Å². The van der Waals surface area contributed by atoms with Gasteiger partial charge in [-0.3, -0.25) is 14.3 Å². The van der Waals surface area contributed by atoms with Crippen molar-refractivity contribution in [1.29, 1.82) is 0 Å². The van der Waals surface area contributed by atoms with E-state index in [1.165, 1.54) is 0 Å². The van der Waals surface area contributed by atoms with E-state index in [2.05, 4.69) is 9.97 Å². The zero-order chi connectivity index (χ0) is 13.3. The number of nitrogens with one attached hydrogen (secondary N) is 1. The van der Waals surface area contributed by atoms with Crippen molar-refractivity contribution in [2.45, 2.75) is 13.5 Å². The van der Waals surface area contributed by atoms with Gasteiger partial charge in [0, 0.05) is 11.8 Å². The maximum absolute atomic E-state index is 13.1. The predicted octanol–water partition coefficient (Wildman–Crippen LogP) is -0.595. The van der Waals surface area contributed by atoms with Gasteiger partial charge in [-0.15, -0.1) is 0 Å². The highest BCUT2D eigenvalue weighted by atomic mass is 19.1. The Labute approximate surface area is 100 Å². The highest BCUT2D eigenvalue weighted by Gasteiger charge is 2.06. The summed E-state index contributed by atoms with van der Waals surface area (Å²) in [5, 5.41) is 0. The van der Waals surface area contributed by atoms with E-state index in [1.54, 1.807) is 13.0 Å². The number of nitrogens with two attached hydrogens (primary N) is 1. The molecule has 0 aliphatic heterocycles. The summed E-state index contributed by atoms with van der Waals surface area (Å²) < 4.78 is 14.0. The van der Waals surface area contributed by atoms with Gasteiger partial charge < -0.3 is 5.73 Å². The fourth-order valence-corrected chi connectivity index (χ4v) is 1.48. The van der Waals surface area contributed by atoms with Crippen molar-refractivity contribution in [1.82, 2.24) is 19.5 Å². The first-order chi connectivity index (χ1) is 8.45. The first-order valence-corrected chi connectivity index (χ1v) is 5.05. The topological polar surface area (TPSA) is 107 Å². The Balaban J connectivity index is 2.43. The fourth-order valence-electron chi connectivity index (χ4n) is 1.48. The summed E-state index contributed by atoms with van der Waals surface area (Å²) in [6.07, 6.45) is 0.809. The van der Waals surface area contributed by atoms with Crippen molar-refractivity contribution in [2.24, 2.45) is 0 Å². The molecular weight excluding hydrogens is 241 g/mol.